The van der Waals surface area contributed by atoms with Crippen LogP contribution in [0.4, 0.5) is 0 Å². The number of carboxylic acids is 3. The van der Waals surface area contributed by atoms with Gasteiger partial charge in [0.15, 0.2) is 5.60 Å². The molecule has 2 aromatic rings. The number of aliphatic hydroxyl groups excluding tert-OH is 1. The fourth-order valence-electron chi connectivity index (χ4n) is 5.50. The Morgan fingerprint density at radius 3 is 2.18 bits per heavy atom. The van der Waals surface area contributed by atoms with Gasteiger partial charge >= 0.3 is 17.9 Å². The number of likely N-dealkylation sites (tertiary alicyclic amines) is 1. The minimum absolute atomic E-state index is 0.0137. The molecular formula is C31H42N4O10. The predicted molar refractivity (Wildman–Crippen MR) is 161 cm³/mol. The van der Waals surface area contributed by atoms with Crippen LogP contribution in [0.3, 0.4) is 0 Å². The number of carboxylic acid groups (broad SMARTS) is 3. The average molecular weight is 631 g/mol. The number of benzene rings is 1. The van der Waals surface area contributed by atoms with E-state index in [1.165, 1.54) is 0 Å². The maximum absolute atomic E-state index is 12.7. The van der Waals surface area contributed by atoms with Crippen molar-refractivity contribution in [3.8, 4) is 0 Å². The zero-order valence-corrected chi connectivity index (χ0v) is 25.4. The lowest BCUT2D eigenvalue weighted by Gasteiger charge is -2.32. The second-order valence-electron chi connectivity index (χ2n) is 11.6. The third kappa shape index (κ3) is 10.5. The molecule has 1 amide bonds. The number of carbonyl (C=O) groups is 4. The topological polar surface area (TPSA) is 211 Å². The highest BCUT2D eigenvalue weighted by Gasteiger charge is 2.40. The van der Waals surface area contributed by atoms with Gasteiger partial charge in [-0.2, -0.15) is 0 Å². The molecule has 2 aliphatic rings. The summed E-state index contributed by atoms with van der Waals surface area (Å²) in [5, 5.41) is 44.2. The van der Waals surface area contributed by atoms with Crippen molar-refractivity contribution >= 4 is 23.8 Å². The highest BCUT2D eigenvalue weighted by atomic mass is 16.4. The first-order chi connectivity index (χ1) is 21.3. The fraction of sp³-hybridized carbons (Fsp3) is 0.548. The number of piperidine rings is 1. The number of aliphatic hydroxyl groups is 2. The van der Waals surface area contributed by atoms with Gasteiger partial charge in [-0.3, -0.25) is 28.6 Å². The molecule has 3 heterocycles. The summed E-state index contributed by atoms with van der Waals surface area (Å²) < 4.78 is 1.85. The molecule has 5 N–H and O–H groups in total. The summed E-state index contributed by atoms with van der Waals surface area (Å²) in [6, 6.07) is 11.2. The summed E-state index contributed by atoms with van der Waals surface area (Å²) in [5.74, 6) is -3.78. The predicted octanol–water partition coefficient (Wildman–Crippen LogP) is 1.09. The molecule has 1 saturated heterocycles. The number of amides is 1. The quantitative estimate of drug-likeness (QED) is 0.236. The molecule has 14 heteroatoms. The number of aryl methyl sites for hydroxylation is 1. The number of aromatic nitrogens is 2. The summed E-state index contributed by atoms with van der Waals surface area (Å²) in [7, 11) is 1.74. The van der Waals surface area contributed by atoms with Crippen LogP contribution in [0.25, 0.3) is 0 Å². The lowest BCUT2D eigenvalue weighted by atomic mass is 9.93. The number of likely N-dealkylation sites (N-methyl/N-ethyl adjacent to an activating group) is 1. The maximum atomic E-state index is 12.7. The summed E-state index contributed by atoms with van der Waals surface area (Å²) in [5.41, 5.74) is -0.907. The standard InChI is InChI=1S/C25H34N4O3.C6H8O7/c1-27(17-22(30)20-8-4-2-5-9-20)25(32)18-28-14-11-19(12-15-28)21-16-24(31)29-13-7-3-6-10-23(29)26-21;7-3(8)1-6(13,5(11)12)2-4(9)10/h2,4-5,8-9,16,19,22,30H,3,6-7,10-15,17-18H2,1H3;13H,1-2H2,(H,7,8)(H,9,10)(H,11,12). The van der Waals surface area contributed by atoms with Gasteiger partial charge in [0.25, 0.3) is 5.56 Å². The van der Waals surface area contributed by atoms with Crippen LogP contribution in [0.15, 0.2) is 41.2 Å². The molecule has 1 aromatic carbocycles. The molecule has 0 bridgehead atoms. The maximum Gasteiger partial charge on any atom is 0.336 e. The first kappa shape index (κ1) is 35.3. The molecule has 4 rings (SSSR count). The number of hydrogen-bond donors (Lipinski definition) is 5. The van der Waals surface area contributed by atoms with E-state index in [0.717, 1.165) is 75.2 Å². The third-order valence-electron chi connectivity index (χ3n) is 8.10. The van der Waals surface area contributed by atoms with E-state index in [-0.39, 0.29) is 23.9 Å². The first-order valence-electron chi connectivity index (χ1n) is 15.0. The average Bonchev–Trinajstić information content (AvgIpc) is 3.23. The Morgan fingerprint density at radius 1 is 0.978 bits per heavy atom. The van der Waals surface area contributed by atoms with Crippen molar-refractivity contribution in [3.05, 3.63) is 63.8 Å². The van der Waals surface area contributed by atoms with E-state index in [2.05, 4.69) is 4.90 Å². The molecule has 246 valence electrons. The number of hydrogen-bond acceptors (Lipinski definition) is 9. The molecule has 1 fully saturated rings. The van der Waals surface area contributed by atoms with Gasteiger partial charge < -0.3 is 30.4 Å². The SMILES string of the molecule is CN(CC(O)c1ccccc1)C(=O)CN1CCC(c2cc(=O)n3c(n2)CCCCC3)CC1.O=C(O)CC(O)(CC(=O)O)C(=O)O. The Morgan fingerprint density at radius 2 is 1.60 bits per heavy atom. The van der Waals surface area contributed by atoms with Crippen LogP contribution in [0.1, 0.15) is 74.0 Å². The van der Waals surface area contributed by atoms with Gasteiger partial charge in [-0.15, -0.1) is 0 Å². The van der Waals surface area contributed by atoms with Crippen LogP contribution >= 0.6 is 0 Å². The molecule has 0 aliphatic carbocycles. The van der Waals surface area contributed by atoms with Crippen LogP contribution in [-0.4, -0.2) is 108 Å². The number of fused-ring (bicyclic) bond motifs is 1. The van der Waals surface area contributed by atoms with Gasteiger partial charge in [-0.1, -0.05) is 36.8 Å². The molecule has 1 aromatic heterocycles. The van der Waals surface area contributed by atoms with Crippen LogP contribution in [0.2, 0.25) is 0 Å². The Labute approximate surface area is 260 Å². The molecule has 1 atom stereocenters. The van der Waals surface area contributed by atoms with Crippen LogP contribution in [0.5, 0.6) is 0 Å². The largest absolute Gasteiger partial charge is 0.481 e. The fourth-order valence-corrected chi connectivity index (χ4v) is 5.50. The number of aliphatic carboxylic acids is 3. The second kappa shape index (κ2) is 16.3. The Balaban J connectivity index is 0.000000360. The summed E-state index contributed by atoms with van der Waals surface area (Å²) in [4.78, 5) is 64.4. The first-order valence-corrected chi connectivity index (χ1v) is 15.0. The Hall–Kier alpha value is -4.14. The van der Waals surface area contributed by atoms with Crippen molar-refractivity contribution < 1.29 is 44.7 Å². The van der Waals surface area contributed by atoms with Crippen molar-refractivity contribution in [2.24, 2.45) is 0 Å². The van der Waals surface area contributed by atoms with Crippen LogP contribution in [0, 0.1) is 0 Å². The van der Waals surface area contributed by atoms with Gasteiger partial charge in [0, 0.05) is 32.0 Å². The molecule has 0 saturated carbocycles. The highest BCUT2D eigenvalue weighted by Crippen LogP contribution is 2.27. The monoisotopic (exact) mass is 630 g/mol. The smallest absolute Gasteiger partial charge is 0.336 e. The van der Waals surface area contributed by atoms with Crippen molar-refractivity contribution in [2.75, 3.05) is 33.2 Å². The Bertz CT molecular complexity index is 1370. The Kier molecular flexibility index (Phi) is 12.8. The zero-order chi connectivity index (χ0) is 33.1. The van der Waals surface area contributed by atoms with Crippen LogP contribution in [-0.2, 0) is 32.1 Å². The normalized spacial score (nSPS) is 16.3. The molecule has 0 radical (unpaired) electrons. The molecular weight excluding hydrogens is 588 g/mol. The lowest BCUT2D eigenvalue weighted by molar-refractivity contribution is -0.170. The van der Waals surface area contributed by atoms with E-state index in [9.17, 15) is 29.1 Å². The van der Waals surface area contributed by atoms with Gasteiger partial charge in [0.05, 0.1) is 37.7 Å². The summed E-state index contributed by atoms with van der Waals surface area (Å²) in [6.45, 7) is 3.04. The second-order valence-corrected chi connectivity index (χ2v) is 11.6. The molecule has 45 heavy (non-hydrogen) atoms. The van der Waals surface area contributed by atoms with Gasteiger partial charge in [-0.05, 0) is 44.3 Å². The van der Waals surface area contributed by atoms with Crippen molar-refractivity contribution in [1.29, 1.82) is 0 Å². The third-order valence-corrected chi connectivity index (χ3v) is 8.10. The minimum Gasteiger partial charge on any atom is -0.481 e. The minimum atomic E-state index is -2.74. The van der Waals surface area contributed by atoms with Crippen molar-refractivity contribution in [1.82, 2.24) is 19.4 Å². The van der Waals surface area contributed by atoms with E-state index in [1.54, 1.807) is 18.0 Å². The van der Waals surface area contributed by atoms with E-state index in [4.69, 9.17) is 25.4 Å². The molecule has 1 unspecified atom stereocenters. The van der Waals surface area contributed by atoms with Crippen molar-refractivity contribution in [3.63, 3.8) is 0 Å². The van der Waals surface area contributed by atoms with Crippen LogP contribution < -0.4 is 5.56 Å². The van der Waals surface area contributed by atoms with E-state index >= 15 is 0 Å². The molecule has 14 nitrogen and oxygen atoms in total. The van der Waals surface area contributed by atoms with Gasteiger partial charge in [0.1, 0.15) is 5.82 Å². The molecule has 0 spiro atoms. The number of rotatable bonds is 11. The number of nitrogens with zero attached hydrogens (tertiary/aromatic N) is 4. The van der Waals surface area contributed by atoms with Crippen molar-refractivity contribution in [2.45, 2.75) is 75.5 Å². The lowest BCUT2D eigenvalue weighted by Crippen LogP contribution is -2.43. The highest BCUT2D eigenvalue weighted by molar-refractivity contribution is 5.88. The zero-order valence-electron chi connectivity index (χ0n) is 25.4. The van der Waals surface area contributed by atoms with E-state index in [0.29, 0.717) is 6.54 Å². The van der Waals surface area contributed by atoms with Gasteiger partial charge in [-0.25, -0.2) is 9.78 Å². The van der Waals surface area contributed by atoms with E-state index in [1.807, 2.05) is 34.9 Å². The summed E-state index contributed by atoms with van der Waals surface area (Å²) in [6.07, 6.45) is 3.02. The summed E-state index contributed by atoms with van der Waals surface area (Å²) >= 11 is 0. The molecule has 2 aliphatic heterocycles. The van der Waals surface area contributed by atoms with E-state index < -0.39 is 42.5 Å². The van der Waals surface area contributed by atoms with Gasteiger partial charge in [0.2, 0.25) is 5.91 Å². The number of carbonyl (C=O) groups excluding carboxylic acids is 1.